The summed E-state index contributed by atoms with van der Waals surface area (Å²) in [5, 5.41) is 37.4. The van der Waals surface area contributed by atoms with Crippen LogP contribution in [0.3, 0.4) is 0 Å². The summed E-state index contributed by atoms with van der Waals surface area (Å²) in [6.45, 7) is 1.49. The molecule has 2 aromatic heterocycles. The van der Waals surface area contributed by atoms with Crippen LogP contribution in [0.25, 0.3) is 11.0 Å². The summed E-state index contributed by atoms with van der Waals surface area (Å²) in [6, 6.07) is 0. The van der Waals surface area contributed by atoms with Crippen LogP contribution >= 0.6 is 0 Å². The number of aromatic nitrogens is 3. The second-order valence-corrected chi connectivity index (χ2v) is 5.37. The van der Waals surface area contributed by atoms with Gasteiger partial charge in [0, 0.05) is 6.20 Å². The number of nitrogens with one attached hydrogen (secondary N) is 2. The fourth-order valence-electron chi connectivity index (χ4n) is 2.79. The Morgan fingerprint density at radius 2 is 2.25 bits per heavy atom. The standard InChI is InChI=1S/C14H18N4O6/c1-2-23-11(15)6-3-18(12-8(6)13(22)17-5-16-12)14-10(21)9(20)7(4-19)24-14/h3,5,7,9-10,14-15,19-21H,2,4H2,1H3,(H,16,17,22)/t7-,9+,10+,14-/m0/s1. The second kappa shape index (κ2) is 6.32. The van der Waals surface area contributed by atoms with Crippen molar-refractivity contribution in [3.8, 4) is 0 Å². The SMILES string of the molecule is CCOC(=N)c1cn([C@H]2O[C@@H](CO)[C@@H](O)[C@H]2O)c2nc[nH]c(=O)c12. The summed E-state index contributed by atoms with van der Waals surface area (Å²) in [7, 11) is 0. The minimum atomic E-state index is -1.33. The van der Waals surface area contributed by atoms with Crippen molar-refractivity contribution in [2.45, 2.75) is 31.5 Å². The van der Waals surface area contributed by atoms with Gasteiger partial charge in [-0.2, -0.15) is 0 Å². The number of aromatic amines is 1. The van der Waals surface area contributed by atoms with Gasteiger partial charge in [-0.25, -0.2) is 4.98 Å². The number of ether oxygens (including phenoxy) is 2. The number of rotatable bonds is 4. The van der Waals surface area contributed by atoms with Gasteiger partial charge in [-0.1, -0.05) is 0 Å². The van der Waals surface area contributed by atoms with Crippen LogP contribution < -0.4 is 5.56 Å². The van der Waals surface area contributed by atoms with Crippen molar-refractivity contribution < 1.29 is 24.8 Å². The molecule has 0 aromatic carbocycles. The van der Waals surface area contributed by atoms with Gasteiger partial charge >= 0.3 is 0 Å². The van der Waals surface area contributed by atoms with Crippen molar-refractivity contribution >= 4 is 16.9 Å². The van der Waals surface area contributed by atoms with Gasteiger partial charge in [-0.15, -0.1) is 0 Å². The monoisotopic (exact) mass is 338 g/mol. The number of aliphatic hydroxyl groups is 3. The molecule has 5 N–H and O–H groups in total. The van der Waals surface area contributed by atoms with Gasteiger partial charge in [-0.3, -0.25) is 10.2 Å². The van der Waals surface area contributed by atoms with E-state index in [9.17, 15) is 20.1 Å². The third-order valence-electron chi connectivity index (χ3n) is 3.94. The first-order valence-electron chi connectivity index (χ1n) is 7.42. The molecule has 0 radical (unpaired) electrons. The third kappa shape index (κ3) is 2.49. The Morgan fingerprint density at radius 3 is 2.88 bits per heavy atom. The Bertz CT molecular complexity index is 815. The zero-order valence-electron chi connectivity index (χ0n) is 12.8. The summed E-state index contributed by atoms with van der Waals surface area (Å²) in [6.07, 6.45) is -2.03. The van der Waals surface area contributed by atoms with Gasteiger partial charge in [0.15, 0.2) is 6.23 Å². The molecule has 130 valence electrons. The van der Waals surface area contributed by atoms with Crippen LogP contribution in [0.4, 0.5) is 0 Å². The molecule has 24 heavy (non-hydrogen) atoms. The van der Waals surface area contributed by atoms with E-state index in [1.807, 2.05) is 0 Å². The predicted octanol–water partition coefficient (Wildman–Crippen LogP) is -1.30. The van der Waals surface area contributed by atoms with E-state index in [1.165, 1.54) is 17.1 Å². The summed E-state index contributed by atoms with van der Waals surface area (Å²) in [5.74, 6) is -0.216. The van der Waals surface area contributed by atoms with Crippen molar-refractivity contribution in [3.05, 3.63) is 28.4 Å². The van der Waals surface area contributed by atoms with E-state index < -0.39 is 36.7 Å². The molecular weight excluding hydrogens is 320 g/mol. The van der Waals surface area contributed by atoms with E-state index in [0.29, 0.717) is 0 Å². The lowest BCUT2D eigenvalue weighted by molar-refractivity contribution is -0.0508. The number of nitrogens with zero attached hydrogens (tertiary/aromatic N) is 2. The quantitative estimate of drug-likeness (QED) is 0.343. The van der Waals surface area contributed by atoms with E-state index in [-0.39, 0.29) is 29.1 Å². The lowest BCUT2D eigenvalue weighted by atomic mass is 10.1. The largest absolute Gasteiger partial charge is 0.478 e. The molecule has 1 aliphatic rings. The number of aliphatic hydroxyl groups excluding tert-OH is 3. The van der Waals surface area contributed by atoms with E-state index in [4.69, 9.17) is 14.9 Å². The first kappa shape index (κ1) is 16.6. The zero-order valence-corrected chi connectivity index (χ0v) is 12.8. The fourth-order valence-corrected chi connectivity index (χ4v) is 2.79. The molecule has 3 heterocycles. The smallest absolute Gasteiger partial charge is 0.261 e. The van der Waals surface area contributed by atoms with Crippen LogP contribution in [0.1, 0.15) is 18.7 Å². The maximum Gasteiger partial charge on any atom is 0.261 e. The number of H-pyrrole nitrogens is 1. The fraction of sp³-hybridized carbons (Fsp3) is 0.500. The van der Waals surface area contributed by atoms with Crippen LogP contribution in [-0.4, -0.2) is 67.3 Å². The Hall–Kier alpha value is -2.27. The Balaban J connectivity index is 2.14. The minimum absolute atomic E-state index is 0.119. The van der Waals surface area contributed by atoms with E-state index in [2.05, 4.69) is 9.97 Å². The first-order valence-corrected chi connectivity index (χ1v) is 7.42. The van der Waals surface area contributed by atoms with Crippen molar-refractivity contribution in [1.29, 1.82) is 5.41 Å². The van der Waals surface area contributed by atoms with E-state index in [1.54, 1.807) is 6.92 Å². The highest BCUT2D eigenvalue weighted by molar-refractivity contribution is 6.04. The minimum Gasteiger partial charge on any atom is -0.478 e. The third-order valence-corrected chi connectivity index (χ3v) is 3.94. The van der Waals surface area contributed by atoms with Crippen molar-refractivity contribution in [3.63, 3.8) is 0 Å². The van der Waals surface area contributed by atoms with Crippen molar-refractivity contribution in [2.75, 3.05) is 13.2 Å². The summed E-state index contributed by atoms with van der Waals surface area (Å²) in [4.78, 5) is 18.7. The predicted molar refractivity (Wildman–Crippen MR) is 81.8 cm³/mol. The number of hydrogen-bond donors (Lipinski definition) is 5. The summed E-state index contributed by atoms with van der Waals surface area (Å²) in [5.41, 5.74) is -0.100. The highest BCUT2D eigenvalue weighted by atomic mass is 16.6. The first-order chi connectivity index (χ1) is 11.5. The van der Waals surface area contributed by atoms with Crippen LogP contribution in [0, 0.1) is 5.41 Å². The van der Waals surface area contributed by atoms with Crippen molar-refractivity contribution in [1.82, 2.24) is 14.5 Å². The average molecular weight is 338 g/mol. The Labute approximate surface area is 135 Å². The van der Waals surface area contributed by atoms with Gasteiger partial charge in [0.25, 0.3) is 5.56 Å². The molecule has 10 heteroatoms. The van der Waals surface area contributed by atoms with Gasteiger partial charge in [-0.05, 0) is 6.92 Å². The molecular formula is C14H18N4O6. The lowest BCUT2D eigenvalue weighted by Crippen LogP contribution is -2.33. The lowest BCUT2D eigenvalue weighted by Gasteiger charge is -2.17. The molecule has 1 saturated heterocycles. The normalized spacial score (nSPS) is 26.8. The molecule has 4 atom stereocenters. The molecule has 0 bridgehead atoms. The van der Waals surface area contributed by atoms with E-state index in [0.717, 1.165) is 0 Å². The summed E-state index contributed by atoms with van der Waals surface area (Å²) >= 11 is 0. The average Bonchev–Trinajstić information content (AvgIpc) is 3.08. The Kier molecular flexibility index (Phi) is 4.37. The Morgan fingerprint density at radius 1 is 1.50 bits per heavy atom. The molecule has 1 fully saturated rings. The maximum absolute atomic E-state index is 12.1. The maximum atomic E-state index is 12.1. The second-order valence-electron chi connectivity index (χ2n) is 5.37. The van der Waals surface area contributed by atoms with Gasteiger partial charge in [0.05, 0.1) is 30.5 Å². The number of fused-ring (bicyclic) bond motifs is 1. The molecule has 0 amide bonds. The summed E-state index contributed by atoms with van der Waals surface area (Å²) < 4.78 is 12.0. The molecule has 1 aliphatic heterocycles. The highest BCUT2D eigenvalue weighted by Crippen LogP contribution is 2.32. The highest BCUT2D eigenvalue weighted by Gasteiger charge is 2.44. The molecule has 0 aliphatic carbocycles. The molecule has 0 saturated carbocycles. The van der Waals surface area contributed by atoms with Gasteiger partial charge in [0.2, 0.25) is 5.90 Å². The number of hydrogen-bond acceptors (Lipinski definition) is 8. The van der Waals surface area contributed by atoms with Gasteiger partial charge < -0.3 is 34.3 Å². The molecule has 2 aromatic rings. The molecule has 3 rings (SSSR count). The topological polar surface area (TPSA) is 154 Å². The molecule has 10 nitrogen and oxygen atoms in total. The van der Waals surface area contributed by atoms with Crippen LogP contribution in [-0.2, 0) is 9.47 Å². The van der Waals surface area contributed by atoms with Crippen LogP contribution in [0.5, 0.6) is 0 Å². The molecule has 0 unspecified atom stereocenters. The van der Waals surface area contributed by atoms with Gasteiger partial charge in [0.1, 0.15) is 24.0 Å². The zero-order chi connectivity index (χ0) is 17.4. The van der Waals surface area contributed by atoms with Crippen molar-refractivity contribution in [2.24, 2.45) is 0 Å². The van der Waals surface area contributed by atoms with Crippen LogP contribution in [0.2, 0.25) is 0 Å². The van der Waals surface area contributed by atoms with Crippen LogP contribution in [0.15, 0.2) is 17.3 Å². The van der Waals surface area contributed by atoms with E-state index >= 15 is 0 Å². The molecule has 0 spiro atoms.